The smallest absolute Gasteiger partial charge is 0.230 e. The van der Waals surface area contributed by atoms with Gasteiger partial charge < -0.3 is 20.2 Å². The van der Waals surface area contributed by atoms with Gasteiger partial charge in [0.25, 0.3) is 0 Å². The number of benzene rings is 1. The topological polar surface area (TPSA) is 96.7 Å². The molecule has 1 aromatic carbocycles. The number of carbonyl (C=O) groups is 2. The van der Waals surface area contributed by atoms with Gasteiger partial charge in [-0.25, -0.2) is 0 Å². The molecule has 0 bridgehead atoms. The van der Waals surface area contributed by atoms with E-state index in [0.29, 0.717) is 17.8 Å². The molecular formula is C28H38N4O3. The number of rotatable bonds is 4. The van der Waals surface area contributed by atoms with E-state index in [1.165, 1.54) is 6.42 Å². The normalized spacial score (nSPS) is 29.9. The quantitative estimate of drug-likeness (QED) is 0.676. The summed E-state index contributed by atoms with van der Waals surface area (Å²) in [7, 11) is 0. The lowest BCUT2D eigenvalue weighted by Gasteiger charge is -2.41. The zero-order valence-corrected chi connectivity index (χ0v) is 20.7. The van der Waals surface area contributed by atoms with Crippen LogP contribution in [0.25, 0.3) is 0 Å². The van der Waals surface area contributed by atoms with Crippen LogP contribution < -0.4 is 10.2 Å². The Morgan fingerprint density at radius 2 is 1.80 bits per heavy atom. The number of aliphatic hydroxyl groups excluding tert-OH is 1. The SMILES string of the molecule is N#Cc1cc(NC(=O)C2CCCCC2)ccc1N1CCC[C@@]2(CCN(C3CCC(O)CC3)C2=O)C1. The third-order valence-corrected chi connectivity index (χ3v) is 8.93. The molecule has 188 valence electrons. The van der Waals surface area contributed by atoms with E-state index in [9.17, 15) is 20.0 Å². The average Bonchev–Trinajstić information content (AvgIpc) is 3.19. The fourth-order valence-electron chi connectivity index (χ4n) is 6.87. The molecule has 1 aromatic rings. The summed E-state index contributed by atoms with van der Waals surface area (Å²) in [6, 6.07) is 8.20. The Morgan fingerprint density at radius 1 is 1.03 bits per heavy atom. The van der Waals surface area contributed by atoms with Gasteiger partial charge in [0.05, 0.1) is 22.8 Å². The number of amides is 2. The van der Waals surface area contributed by atoms with Gasteiger partial charge in [0.2, 0.25) is 11.8 Å². The van der Waals surface area contributed by atoms with E-state index in [1.54, 1.807) is 6.07 Å². The van der Waals surface area contributed by atoms with Gasteiger partial charge in [-0.05, 0) is 76.0 Å². The van der Waals surface area contributed by atoms with E-state index in [2.05, 4.69) is 21.2 Å². The van der Waals surface area contributed by atoms with Crippen LogP contribution in [0, 0.1) is 22.7 Å². The first-order chi connectivity index (χ1) is 17.0. The molecule has 35 heavy (non-hydrogen) atoms. The van der Waals surface area contributed by atoms with Crippen LogP contribution in [0.2, 0.25) is 0 Å². The van der Waals surface area contributed by atoms with Crippen LogP contribution in [0.3, 0.4) is 0 Å². The zero-order valence-electron chi connectivity index (χ0n) is 20.7. The Bertz CT molecular complexity index is 990. The van der Waals surface area contributed by atoms with E-state index >= 15 is 0 Å². The highest BCUT2D eigenvalue weighted by Gasteiger charge is 2.50. The number of nitrogens with zero attached hydrogens (tertiary/aromatic N) is 3. The van der Waals surface area contributed by atoms with Gasteiger partial charge >= 0.3 is 0 Å². The van der Waals surface area contributed by atoms with Crippen LogP contribution in [0.15, 0.2) is 18.2 Å². The highest BCUT2D eigenvalue weighted by molar-refractivity contribution is 5.93. The molecule has 2 N–H and O–H groups in total. The fourth-order valence-corrected chi connectivity index (χ4v) is 6.87. The van der Waals surface area contributed by atoms with E-state index in [4.69, 9.17) is 0 Å². The lowest BCUT2D eigenvalue weighted by molar-refractivity contribution is -0.139. The molecular weight excluding hydrogens is 440 g/mol. The minimum atomic E-state index is -0.380. The van der Waals surface area contributed by atoms with E-state index in [-0.39, 0.29) is 35.3 Å². The Morgan fingerprint density at radius 3 is 2.54 bits per heavy atom. The minimum absolute atomic E-state index is 0.0603. The van der Waals surface area contributed by atoms with Crippen molar-refractivity contribution in [2.24, 2.45) is 11.3 Å². The van der Waals surface area contributed by atoms with Crippen LogP contribution in [-0.2, 0) is 9.59 Å². The van der Waals surface area contributed by atoms with Crippen molar-refractivity contribution < 1.29 is 14.7 Å². The van der Waals surface area contributed by atoms with Gasteiger partial charge in [0.15, 0.2) is 0 Å². The standard InChI is InChI=1S/C28H38N4O3/c29-18-21-17-22(30-26(34)20-5-2-1-3-6-20)7-12-25(21)31-15-4-13-28(19-31)14-16-32(27(28)35)23-8-10-24(33)11-9-23/h7,12,17,20,23-24,33H,1-6,8-11,13-16,19H2,(H,30,34)/t23?,24?,28-/m1/s1. The van der Waals surface area contributed by atoms with Crippen molar-refractivity contribution in [3.8, 4) is 6.07 Å². The zero-order chi connectivity index (χ0) is 24.4. The predicted molar refractivity (Wildman–Crippen MR) is 135 cm³/mol. The summed E-state index contributed by atoms with van der Waals surface area (Å²) in [6.07, 6.45) is 11.1. The van der Waals surface area contributed by atoms with Crippen LogP contribution >= 0.6 is 0 Å². The third-order valence-electron chi connectivity index (χ3n) is 8.93. The molecule has 1 atom stereocenters. The van der Waals surface area contributed by atoms with Gasteiger partial charge in [-0.2, -0.15) is 5.26 Å². The third kappa shape index (κ3) is 4.91. The molecule has 2 amide bonds. The summed E-state index contributed by atoms with van der Waals surface area (Å²) in [5.74, 6) is 0.392. The summed E-state index contributed by atoms with van der Waals surface area (Å²) < 4.78 is 0. The Labute approximate surface area is 208 Å². The summed E-state index contributed by atoms with van der Waals surface area (Å²) in [4.78, 5) is 30.6. The maximum Gasteiger partial charge on any atom is 0.230 e. The van der Waals surface area contributed by atoms with Crippen molar-refractivity contribution in [3.63, 3.8) is 0 Å². The fraction of sp³-hybridized carbons (Fsp3) is 0.679. The molecule has 2 saturated heterocycles. The number of nitrogens with one attached hydrogen (secondary N) is 1. The molecule has 0 radical (unpaired) electrons. The number of anilines is 2. The van der Waals surface area contributed by atoms with Crippen molar-refractivity contribution in [2.75, 3.05) is 29.9 Å². The lowest BCUT2D eigenvalue weighted by atomic mass is 9.78. The van der Waals surface area contributed by atoms with Crippen LogP contribution in [0.4, 0.5) is 11.4 Å². The van der Waals surface area contributed by atoms with Crippen LogP contribution in [0.5, 0.6) is 0 Å². The van der Waals surface area contributed by atoms with E-state index < -0.39 is 0 Å². The number of hydrogen-bond donors (Lipinski definition) is 2. The van der Waals surface area contributed by atoms with Crippen molar-refractivity contribution in [1.82, 2.24) is 4.90 Å². The summed E-state index contributed by atoms with van der Waals surface area (Å²) in [5.41, 5.74) is 1.70. The Hall–Kier alpha value is -2.59. The van der Waals surface area contributed by atoms with Crippen LogP contribution in [0.1, 0.15) is 82.6 Å². The molecule has 7 nitrogen and oxygen atoms in total. The largest absolute Gasteiger partial charge is 0.393 e. The molecule has 7 heteroatoms. The minimum Gasteiger partial charge on any atom is -0.393 e. The van der Waals surface area contributed by atoms with Gasteiger partial charge in [-0.1, -0.05) is 19.3 Å². The second-order valence-electron chi connectivity index (χ2n) is 11.2. The van der Waals surface area contributed by atoms with E-state index in [1.807, 2.05) is 12.1 Å². The number of carbonyl (C=O) groups excluding carboxylic acids is 2. The number of likely N-dealkylation sites (tertiary alicyclic amines) is 1. The monoisotopic (exact) mass is 478 g/mol. The molecule has 4 aliphatic rings. The van der Waals surface area contributed by atoms with E-state index in [0.717, 1.165) is 89.4 Å². The molecule has 2 saturated carbocycles. The first kappa shape index (κ1) is 24.1. The molecule has 2 heterocycles. The molecule has 2 aliphatic carbocycles. The van der Waals surface area contributed by atoms with Crippen LogP contribution in [-0.4, -0.2) is 53.6 Å². The van der Waals surface area contributed by atoms with Gasteiger partial charge in [0, 0.05) is 37.3 Å². The van der Waals surface area contributed by atoms with Crippen molar-refractivity contribution >= 4 is 23.2 Å². The highest BCUT2D eigenvalue weighted by atomic mass is 16.3. The molecule has 0 unspecified atom stereocenters. The maximum atomic E-state index is 13.6. The number of hydrogen-bond acceptors (Lipinski definition) is 5. The second kappa shape index (κ2) is 10.2. The van der Waals surface area contributed by atoms with Gasteiger partial charge in [-0.15, -0.1) is 0 Å². The van der Waals surface area contributed by atoms with Crippen molar-refractivity contribution in [1.29, 1.82) is 5.26 Å². The van der Waals surface area contributed by atoms with Crippen molar-refractivity contribution in [2.45, 2.75) is 89.2 Å². The molecule has 5 rings (SSSR count). The summed E-state index contributed by atoms with van der Waals surface area (Å²) >= 11 is 0. The lowest BCUT2D eigenvalue weighted by Crippen LogP contribution is -2.50. The summed E-state index contributed by atoms with van der Waals surface area (Å²) in [6.45, 7) is 2.26. The first-order valence-electron chi connectivity index (χ1n) is 13.6. The highest BCUT2D eigenvalue weighted by Crippen LogP contribution is 2.44. The molecule has 1 spiro atoms. The van der Waals surface area contributed by atoms with Gasteiger partial charge in [-0.3, -0.25) is 9.59 Å². The predicted octanol–water partition coefficient (Wildman–Crippen LogP) is 4.20. The summed E-state index contributed by atoms with van der Waals surface area (Å²) in [5, 5.41) is 22.8. The van der Waals surface area contributed by atoms with Crippen molar-refractivity contribution in [3.05, 3.63) is 23.8 Å². The molecule has 4 fully saturated rings. The number of nitriles is 1. The molecule has 2 aliphatic heterocycles. The second-order valence-corrected chi connectivity index (χ2v) is 11.2. The maximum absolute atomic E-state index is 13.6. The van der Waals surface area contributed by atoms with Gasteiger partial charge in [0.1, 0.15) is 6.07 Å². The average molecular weight is 479 g/mol. The number of aliphatic hydroxyl groups is 1. The Balaban J connectivity index is 1.28. The Kier molecular flexibility index (Phi) is 7.02. The molecule has 0 aromatic heterocycles. The number of piperidine rings is 1. The first-order valence-corrected chi connectivity index (χ1v) is 13.6.